The Morgan fingerprint density at radius 2 is 2.05 bits per heavy atom. The highest BCUT2D eigenvalue weighted by atomic mass is 16.5. The molecule has 0 heterocycles. The Kier molecular flexibility index (Phi) is 5.68. The van der Waals surface area contributed by atoms with Gasteiger partial charge in [0.2, 0.25) is 5.96 Å². The van der Waals surface area contributed by atoms with E-state index in [1.807, 2.05) is 24.3 Å². The number of benzene rings is 1. The third-order valence-corrected chi connectivity index (χ3v) is 3.68. The van der Waals surface area contributed by atoms with Crippen LogP contribution < -0.4 is 21.3 Å². The molecule has 0 spiro atoms. The third-order valence-electron chi connectivity index (χ3n) is 3.68. The standard InChI is InChI=1S/C15H24N4O/c1-20-14-10-6-5-7-12(14)11-17-15(19-16)18-13-8-3-2-4-9-13/h5-7,10,13H,2-4,8-9,11,16H2,1H3,(H2,17,18,19). The first-order valence-corrected chi connectivity index (χ1v) is 7.23. The lowest BCUT2D eigenvalue weighted by atomic mass is 9.96. The monoisotopic (exact) mass is 276 g/mol. The molecular weight excluding hydrogens is 252 g/mol. The molecule has 0 radical (unpaired) electrons. The summed E-state index contributed by atoms with van der Waals surface area (Å²) in [6.45, 7) is 0.545. The van der Waals surface area contributed by atoms with Crippen molar-refractivity contribution in [1.82, 2.24) is 10.7 Å². The first kappa shape index (κ1) is 14.7. The molecule has 4 N–H and O–H groups in total. The highest BCUT2D eigenvalue weighted by molar-refractivity contribution is 5.79. The molecule has 0 amide bonds. The normalized spacial score (nSPS) is 16.8. The van der Waals surface area contributed by atoms with E-state index in [1.165, 1.54) is 32.1 Å². The van der Waals surface area contributed by atoms with Gasteiger partial charge in [-0.3, -0.25) is 5.43 Å². The maximum Gasteiger partial charge on any atom is 0.206 e. The van der Waals surface area contributed by atoms with Crippen LogP contribution in [0.5, 0.6) is 5.75 Å². The summed E-state index contributed by atoms with van der Waals surface area (Å²) >= 11 is 0. The Balaban J connectivity index is 1.96. The zero-order chi connectivity index (χ0) is 14.2. The van der Waals surface area contributed by atoms with Gasteiger partial charge in [0.25, 0.3) is 0 Å². The number of nitrogens with one attached hydrogen (secondary N) is 2. The topological polar surface area (TPSA) is 71.7 Å². The number of rotatable bonds is 4. The van der Waals surface area contributed by atoms with E-state index in [0.29, 0.717) is 18.5 Å². The van der Waals surface area contributed by atoms with Gasteiger partial charge in [-0.1, -0.05) is 37.5 Å². The van der Waals surface area contributed by atoms with Crippen LogP contribution in [0.2, 0.25) is 0 Å². The SMILES string of the molecule is COc1ccccc1CN=C(NN)NC1CCCCC1. The van der Waals surface area contributed by atoms with Crippen LogP contribution in [0, 0.1) is 0 Å². The molecule has 1 aliphatic carbocycles. The molecule has 1 aromatic rings. The van der Waals surface area contributed by atoms with Crippen LogP contribution in [0.3, 0.4) is 0 Å². The van der Waals surface area contributed by atoms with Crippen LogP contribution in [-0.2, 0) is 6.54 Å². The maximum atomic E-state index is 5.55. The highest BCUT2D eigenvalue weighted by Gasteiger charge is 2.14. The summed E-state index contributed by atoms with van der Waals surface area (Å²) < 4.78 is 5.32. The van der Waals surface area contributed by atoms with Gasteiger partial charge in [-0.15, -0.1) is 0 Å². The van der Waals surface area contributed by atoms with Crippen LogP contribution in [0.15, 0.2) is 29.3 Å². The molecule has 0 aliphatic heterocycles. The summed E-state index contributed by atoms with van der Waals surface area (Å²) in [5.74, 6) is 7.06. The minimum Gasteiger partial charge on any atom is -0.496 e. The maximum absolute atomic E-state index is 5.55. The van der Waals surface area contributed by atoms with E-state index in [1.54, 1.807) is 7.11 Å². The molecule has 5 nitrogen and oxygen atoms in total. The lowest BCUT2D eigenvalue weighted by molar-refractivity contribution is 0.407. The van der Waals surface area contributed by atoms with E-state index < -0.39 is 0 Å². The van der Waals surface area contributed by atoms with E-state index in [0.717, 1.165) is 11.3 Å². The Hall–Kier alpha value is -1.75. The fraction of sp³-hybridized carbons (Fsp3) is 0.533. The van der Waals surface area contributed by atoms with Crippen molar-refractivity contribution in [2.75, 3.05) is 7.11 Å². The van der Waals surface area contributed by atoms with E-state index in [9.17, 15) is 0 Å². The average Bonchev–Trinajstić information content (AvgIpc) is 2.52. The molecule has 0 unspecified atom stereocenters. The molecule has 1 fully saturated rings. The van der Waals surface area contributed by atoms with E-state index in [2.05, 4.69) is 15.7 Å². The molecule has 2 rings (SSSR count). The zero-order valence-electron chi connectivity index (χ0n) is 12.1. The van der Waals surface area contributed by atoms with Gasteiger partial charge in [0.15, 0.2) is 0 Å². The van der Waals surface area contributed by atoms with Gasteiger partial charge in [0.1, 0.15) is 5.75 Å². The number of hydrogen-bond acceptors (Lipinski definition) is 3. The van der Waals surface area contributed by atoms with Crippen LogP contribution >= 0.6 is 0 Å². The number of nitrogens with two attached hydrogens (primary N) is 1. The first-order chi connectivity index (χ1) is 9.83. The molecule has 1 aromatic carbocycles. The molecule has 0 aromatic heterocycles. The van der Waals surface area contributed by atoms with Crippen molar-refractivity contribution in [3.63, 3.8) is 0 Å². The van der Waals surface area contributed by atoms with Crippen molar-refractivity contribution in [1.29, 1.82) is 0 Å². The lowest BCUT2D eigenvalue weighted by Crippen LogP contribution is -2.47. The van der Waals surface area contributed by atoms with Crippen molar-refractivity contribution < 1.29 is 4.74 Å². The van der Waals surface area contributed by atoms with Crippen molar-refractivity contribution in [3.05, 3.63) is 29.8 Å². The number of aliphatic imine (C=N–C) groups is 1. The van der Waals surface area contributed by atoms with Crippen molar-refractivity contribution >= 4 is 5.96 Å². The average molecular weight is 276 g/mol. The minimum atomic E-state index is 0.483. The smallest absolute Gasteiger partial charge is 0.206 e. The Labute approximate surface area is 120 Å². The van der Waals surface area contributed by atoms with Crippen LogP contribution in [-0.4, -0.2) is 19.1 Å². The number of hydrazine groups is 1. The van der Waals surface area contributed by atoms with Crippen LogP contribution in [0.1, 0.15) is 37.7 Å². The van der Waals surface area contributed by atoms with Crippen molar-refractivity contribution in [2.24, 2.45) is 10.8 Å². The molecule has 110 valence electrons. The van der Waals surface area contributed by atoms with Gasteiger partial charge in [-0.2, -0.15) is 0 Å². The van der Waals surface area contributed by atoms with E-state index in [4.69, 9.17) is 10.6 Å². The van der Waals surface area contributed by atoms with Gasteiger partial charge >= 0.3 is 0 Å². The summed E-state index contributed by atoms with van der Waals surface area (Å²) in [5.41, 5.74) is 3.70. The minimum absolute atomic E-state index is 0.483. The number of guanidine groups is 1. The van der Waals surface area contributed by atoms with Gasteiger partial charge in [0.05, 0.1) is 13.7 Å². The first-order valence-electron chi connectivity index (χ1n) is 7.23. The predicted octanol–water partition coefficient (Wildman–Crippen LogP) is 1.94. The second-order valence-corrected chi connectivity index (χ2v) is 5.10. The van der Waals surface area contributed by atoms with Crippen LogP contribution in [0.4, 0.5) is 0 Å². The molecule has 0 bridgehead atoms. The summed E-state index contributed by atoms with van der Waals surface area (Å²) in [6.07, 6.45) is 6.27. The summed E-state index contributed by atoms with van der Waals surface area (Å²) in [4.78, 5) is 4.50. The number of nitrogens with zero attached hydrogens (tertiary/aromatic N) is 1. The fourth-order valence-corrected chi connectivity index (χ4v) is 2.57. The molecule has 1 saturated carbocycles. The molecule has 0 atom stereocenters. The molecule has 20 heavy (non-hydrogen) atoms. The molecule has 5 heteroatoms. The Morgan fingerprint density at radius 1 is 1.30 bits per heavy atom. The number of methoxy groups -OCH3 is 1. The number of ether oxygens (including phenoxy) is 1. The Bertz CT molecular complexity index is 441. The summed E-state index contributed by atoms with van der Waals surface area (Å²) in [7, 11) is 1.67. The quantitative estimate of drug-likeness (QED) is 0.340. The Morgan fingerprint density at radius 3 is 2.75 bits per heavy atom. The number of hydrogen-bond donors (Lipinski definition) is 3. The fourth-order valence-electron chi connectivity index (χ4n) is 2.57. The molecular formula is C15H24N4O. The van der Waals surface area contributed by atoms with Gasteiger partial charge < -0.3 is 10.1 Å². The summed E-state index contributed by atoms with van der Waals surface area (Å²) in [6, 6.07) is 8.37. The predicted molar refractivity (Wildman–Crippen MR) is 81.5 cm³/mol. The van der Waals surface area contributed by atoms with E-state index in [-0.39, 0.29) is 0 Å². The van der Waals surface area contributed by atoms with Crippen LogP contribution in [0.25, 0.3) is 0 Å². The summed E-state index contributed by atoms with van der Waals surface area (Å²) in [5, 5.41) is 3.39. The largest absolute Gasteiger partial charge is 0.496 e. The third kappa shape index (κ3) is 4.13. The van der Waals surface area contributed by atoms with Gasteiger partial charge in [-0.25, -0.2) is 10.8 Å². The zero-order valence-corrected chi connectivity index (χ0v) is 12.1. The second-order valence-electron chi connectivity index (χ2n) is 5.10. The van der Waals surface area contributed by atoms with Gasteiger partial charge in [-0.05, 0) is 18.9 Å². The molecule has 0 saturated heterocycles. The van der Waals surface area contributed by atoms with E-state index >= 15 is 0 Å². The highest BCUT2D eigenvalue weighted by Crippen LogP contribution is 2.19. The van der Waals surface area contributed by atoms with Crippen molar-refractivity contribution in [2.45, 2.75) is 44.7 Å². The second kappa shape index (κ2) is 7.75. The van der Waals surface area contributed by atoms with Gasteiger partial charge in [0, 0.05) is 11.6 Å². The molecule has 1 aliphatic rings. The number of para-hydroxylation sites is 1. The lowest BCUT2D eigenvalue weighted by Gasteiger charge is -2.24. The van der Waals surface area contributed by atoms with Crippen molar-refractivity contribution in [3.8, 4) is 5.75 Å².